The lowest BCUT2D eigenvalue weighted by molar-refractivity contribution is -0.902. The zero-order valence-corrected chi connectivity index (χ0v) is 12.1. The van der Waals surface area contributed by atoms with Crippen molar-refractivity contribution in [2.45, 2.75) is 6.92 Å². The van der Waals surface area contributed by atoms with Crippen molar-refractivity contribution in [2.75, 3.05) is 32.7 Å². The molecule has 0 spiro atoms. The Morgan fingerprint density at radius 2 is 1.95 bits per heavy atom. The number of quaternary nitrogens is 1. The topological polar surface area (TPSA) is 51.1 Å². The molecule has 2 aliphatic rings. The molecule has 1 fully saturated rings. The minimum Gasteiger partial charge on any atom is -0.422 e. The lowest BCUT2D eigenvalue weighted by atomic mass is 10.0. The van der Waals surface area contributed by atoms with Gasteiger partial charge in [0.25, 0.3) is 0 Å². The van der Waals surface area contributed by atoms with Crippen LogP contribution in [0.5, 0.6) is 5.75 Å². The summed E-state index contributed by atoms with van der Waals surface area (Å²) in [6.45, 7) is 7.05. The van der Waals surface area contributed by atoms with Gasteiger partial charge in [-0.2, -0.15) is 0 Å². The fraction of sp³-hybridized carbons (Fsp3) is 0.375. The normalized spacial score (nSPS) is 21.4. The predicted octanol–water partition coefficient (Wildman–Crippen LogP) is -0.107. The molecule has 1 N–H and O–H groups in total. The Bertz CT molecular complexity index is 601. The summed E-state index contributed by atoms with van der Waals surface area (Å²) in [4.78, 5) is 28.0. The molecule has 1 saturated heterocycles. The number of benzene rings is 1. The van der Waals surface area contributed by atoms with Gasteiger partial charge in [-0.1, -0.05) is 12.1 Å². The van der Waals surface area contributed by atoms with Gasteiger partial charge in [-0.15, -0.1) is 0 Å². The highest BCUT2D eigenvalue weighted by Crippen LogP contribution is 2.27. The smallest absolute Gasteiger partial charge is 0.349 e. The van der Waals surface area contributed by atoms with E-state index in [2.05, 4.69) is 6.92 Å². The summed E-state index contributed by atoms with van der Waals surface area (Å²) >= 11 is 0. The number of carbonyl (C=O) groups is 2. The van der Waals surface area contributed by atoms with Gasteiger partial charge < -0.3 is 14.5 Å². The number of para-hydroxylation sites is 1. The Morgan fingerprint density at radius 3 is 2.67 bits per heavy atom. The monoisotopic (exact) mass is 287 g/mol. The van der Waals surface area contributed by atoms with Gasteiger partial charge in [0.1, 0.15) is 11.3 Å². The molecule has 110 valence electrons. The largest absolute Gasteiger partial charge is 0.422 e. The standard InChI is InChI=1S/C16H18N2O3/c1-2-17-7-9-18(10-8-17)11-13-15(19)12-5-3-4-6-14(12)21-16(13)20/h3-6,11H,2,7-10H2,1H3/p+1. The second-order valence-corrected chi connectivity index (χ2v) is 5.40. The highest BCUT2D eigenvalue weighted by molar-refractivity contribution is 6.27. The van der Waals surface area contributed by atoms with Gasteiger partial charge in [-0.25, -0.2) is 4.79 Å². The fourth-order valence-electron chi connectivity index (χ4n) is 2.75. The van der Waals surface area contributed by atoms with Crippen LogP contribution in [0.15, 0.2) is 36.0 Å². The second-order valence-electron chi connectivity index (χ2n) is 5.40. The van der Waals surface area contributed by atoms with Crippen molar-refractivity contribution < 1.29 is 19.2 Å². The van der Waals surface area contributed by atoms with Gasteiger partial charge in [0.2, 0.25) is 5.78 Å². The number of piperazine rings is 1. The molecule has 0 atom stereocenters. The molecule has 21 heavy (non-hydrogen) atoms. The lowest BCUT2D eigenvalue weighted by Gasteiger charge is -2.31. The van der Waals surface area contributed by atoms with Crippen LogP contribution in [0.1, 0.15) is 17.3 Å². The van der Waals surface area contributed by atoms with Gasteiger partial charge in [0.05, 0.1) is 38.3 Å². The number of Topliss-reactive ketones (excluding diaryl/α,β-unsaturated/α-hetero) is 1. The third kappa shape index (κ3) is 2.69. The minimum absolute atomic E-state index is 0.133. The first kappa shape index (κ1) is 13.8. The maximum atomic E-state index is 12.4. The molecule has 0 saturated carbocycles. The molecule has 0 aromatic heterocycles. The number of carbonyl (C=O) groups excluding carboxylic acids is 2. The van der Waals surface area contributed by atoms with Crippen molar-refractivity contribution in [3.05, 3.63) is 41.6 Å². The van der Waals surface area contributed by atoms with E-state index >= 15 is 0 Å². The summed E-state index contributed by atoms with van der Waals surface area (Å²) in [6.07, 6.45) is 1.67. The number of likely N-dealkylation sites (N-methyl/N-ethyl adjacent to an activating group) is 1. The van der Waals surface area contributed by atoms with Crippen molar-refractivity contribution in [2.24, 2.45) is 0 Å². The molecule has 1 aromatic carbocycles. The lowest BCUT2D eigenvalue weighted by Crippen LogP contribution is -3.14. The van der Waals surface area contributed by atoms with E-state index in [9.17, 15) is 9.59 Å². The number of esters is 1. The highest BCUT2D eigenvalue weighted by atomic mass is 16.5. The Kier molecular flexibility index (Phi) is 3.75. The molecule has 0 amide bonds. The summed E-state index contributed by atoms with van der Waals surface area (Å²) in [5.74, 6) is -0.444. The van der Waals surface area contributed by atoms with Crippen molar-refractivity contribution >= 4 is 11.8 Å². The summed E-state index contributed by atoms with van der Waals surface area (Å²) in [5.41, 5.74) is 0.592. The molecule has 5 nitrogen and oxygen atoms in total. The third-order valence-corrected chi connectivity index (χ3v) is 4.12. The molecule has 3 rings (SSSR count). The van der Waals surface area contributed by atoms with Crippen LogP contribution in [0.3, 0.4) is 0 Å². The third-order valence-electron chi connectivity index (χ3n) is 4.12. The molecular formula is C16H19N2O3+. The number of hydrogen-bond donors (Lipinski definition) is 1. The predicted molar refractivity (Wildman–Crippen MR) is 77.3 cm³/mol. The van der Waals surface area contributed by atoms with E-state index in [1.54, 1.807) is 35.4 Å². The van der Waals surface area contributed by atoms with E-state index in [0.29, 0.717) is 11.3 Å². The van der Waals surface area contributed by atoms with Gasteiger partial charge in [-0.3, -0.25) is 4.79 Å². The zero-order chi connectivity index (χ0) is 14.8. The van der Waals surface area contributed by atoms with Crippen LogP contribution in [-0.2, 0) is 4.79 Å². The first-order valence-electron chi connectivity index (χ1n) is 7.34. The Balaban J connectivity index is 1.81. The van der Waals surface area contributed by atoms with Crippen molar-refractivity contribution in [3.63, 3.8) is 0 Å². The average Bonchev–Trinajstić information content (AvgIpc) is 2.52. The first-order chi connectivity index (χ1) is 10.2. The van der Waals surface area contributed by atoms with E-state index in [4.69, 9.17) is 4.74 Å². The van der Waals surface area contributed by atoms with Crippen molar-refractivity contribution in [1.29, 1.82) is 0 Å². The van der Waals surface area contributed by atoms with Crippen LogP contribution < -0.4 is 9.64 Å². The highest BCUT2D eigenvalue weighted by Gasteiger charge is 2.31. The van der Waals surface area contributed by atoms with E-state index < -0.39 is 5.97 Å². The Labute approximate surface area is 123 Å². The maximum absolute atomic E-state index is 12.4. The molecule has 0 bridgehead atoms. The zero-order valence-electron chi connectivity index (χ0n) is 12.1. The molecule has 1 aromatic rings. The van der Waals surface area contributed by atoms with Crippen molar-refractivity contribution in [3.8, 4) is 5.75 Å². The van der Waals surface area contributed by atoms with Crippen LogP contribution >= 0.6 is 0 Å². The van der Waals surface area contributed by atoms with Gasteiger partial charge in [-0.05, 0) is 19.1 Å². The van der Waals surface area contributed by atoms with Crippen LogP contribution in [0.25, 0.3) is 0 Å². The molecule has 2 aliphatic heterocycles. The molecule has 0 radical (unpaired) electrons. The molecular weight excluding hydrogens is 268 g/mol. The average molecular weight is 287 g/mol. The SMILES string of the molecule is CC[NH+]1CCN(C=C2C(=O)Oc3ccccc3C2=O)CC1. The molecule has 5 heteroatoms. The van der Waals surface area contributed by atoms with E-state index in [0.717, 1.165) is 32.7 Å². The number of hydrogen-bond acceptors (Lipinski definition) is 4. The fourth-order valence-corrected chi connectivity index (χ4v) is 2.75. The Morgan fingerprint density at radius 1 is 1.24 bits per heavy atom. The summed E-state index contributed by atoms with van der Waals surface area (Å²) < 4.78 is 5.24. The summed E-state index contributed by atoms with van der Waals surface area (Å²) in [6, 6.07) is 6.86. The second kappa shape index (κ2) is 5.69. The van der Waals surface area contributed by atoms with Crippen LogP contribution in [0, 0.1) is 0 Å². The molecule has 2 heterocycles. The number of nitrogens with zero attached hydrogens (tertiary/aromatic N) is 1. The van der Waals surface area contributed by atoms with Crippen molar-refractivity contribution in [1.82, 2.24) is 4.90 Å². The van der Waals surface area contributed by atoms with Crippen LogP contribution in [0.2, 0.25) is 0 Å². The Hall–Kier alpha value is -2.14. The van der Waals surface area contributed by atoms with Gasteiger partial charge in [0, 0.05) is 6.20 Å². The number of rotatable bonds is 2. The molecule has 0 unspecified atom stereocenters. The van der Waals surface area contributed by atoms with Gasteiger partial charge >= 0.3 is 5.97 Å². The van der Waals surface area contributed by atoms with E-state index in [-0.39, 0.29) is 11.4 Å². The van der Waals surface area contributed by atoms with Gasteiger partial charge in [0.15, 0.2) is 0 Å². The van der Waals surface area contributed by atoms with Crippen LogP contribution in [0.4, 0.5) is 0 Å². The summed E-state index contributed by atoms with van der Waals surface area (Å²) in [5, 5.41) is 0. The number of fused-ring (bicyclic) bond motifs is 1. The number of nitrogens with one attached hydrogen (secondary N) is 1. The van der Waals surface area contributed by atoms with E-state index in [1.165, 1.54) is 0 Å². The summed E-state index contributed by atoms with van der Waals surface area (Å²) in [7, 11) is 0. The first-order valence-corrected chi connectivity index (χ1v) is 7.34. The van der Waals surface area contributed by atoms with E-state index in [1.807, 2.05) is 4.90 Å². The number of ketones is 1. The maximum Gasteiger partial charge on any atom is 0.349 e. The molecule has 0 aliphatic carbocycles. The minimum atomic E-state index is -0.552. The quantitative estimate of drug-likeness (QED) is 0.357. The van der Waals surface area contributed by atoms with Crippen LogP contribution in [-0.4, -0.2) is 49.4 Å². The number of ether oxygens (including phenoxy) is 1.